The summed E-state index contributed by atoms with van der Waals surface area (Å²) in [5.74, 6) is 3.56. The Morgan fingerprint density at radius 2 is 2.12 bits per heavy atom. The topological polar surface area (TPSA) is 34.1 Å². The van der Waals surface area contributed by atoms with Crippen molar-refractivity contribution in [3.8, 4) is 0 Å². The lowest BCUT2D eigenvalue weighted by Gasteiger charge is -2.23. The Morgan fingerprint density at radius 3 is 2.69 bits per heavy atom. The van der Waals surface area contributed by atoms with Gasteiger partial charge >= 0.3 is 0 Å². The third kappa shape index (κ3) is 2.07. The predicted octanol–water partition coefficient (Wildman–Crippen LogP) is 2.85. The molecule has 2 aliphatic carbocycles. The molecule has 2 nitrogen and oxygen atoms in total. The molecule has 4 atom stereocenters. The van der Waals surface area contributed by atoms with E-state index in [0.29, 0.717) is 30.0 Å². The van der Waals surface area contributed by atoms with E-state index in [1.54, 1.807) is 6.92 Å². The molecule has 2 fully saturated rings. The molecule has 0 aromatic heterocycles. The van der Waals surface area contributed by atoms with Crippen molar-refractivity contribution in [2.24, 2.45) is 29.6 Å². The first kappa shape index (κ1) is 11.8. The molecule has 0 amide bonds. The average Bonchev–Trinajstić information content (AvgIpc) is 2.87. The fourth-order valence-electron chi connectivity index (χ4n) is 3.70. The van der Waals surface area contributed by atoms with Crippen LogP contribution in [0, 0.1) is 29.6 Å². The molecule has 2 heteroatoms. The van der Waals surface area contributed by atoms with Crippen LogP contribution >= 0.6 is 0 Å². The van der Waals surface area contributed by atoms with Crippen molar-refractivity contribution in [1.29, 1.82) is 0 Å². The zero-order valence-corrected chi connectivity index (χ0v) is 10.5. The van der Waals surface area contributed by atoms with E-state index in [4.69, 9.17) is 0 Å². The van der Waals surface area contributed by atoms with E-state index >= 15 is 0 Å². The van der Waals surface area contributed by atoms with Gasteiger partial charge in [-0.1, -0.05) is 13.8 Å². The minimum atomic E-state index is 0.288. The van der Waals surface area contributed by atoms with E-state index in [9.17, 15) is 9.59 Å². The maximum Gasteiger partial charge on any atom is 0.136 e. The quantitative estimate of drug-likeness (QED) is 0.733. The molecule has 0 bridgehead atoms. The first-order valence-electron chi connectivity index (χ1n) is 6.54. The Bertz CT molecular complexity index is 306. The summed E-state index contributed by atoms with van der Waals surface area (Å²) in [6.45, 7) is 5.98. The van der Waals surface area contributed by atoms with Gasteiger partial charge in [0, 0.05) is 18.8 Å². The van der Waals surface area contributed by atoms with Gasteiger partial charge in [-0.15, -0.1) is 0 Å². The number of hydrogen-bond donors (Lipinski definition) is 0. The van der Waals surface area contributed by atoms with Crippen LogP contribution in [0.2, 0.25) is 0 Å². The highest BCUT2D eigenvalue weighted by Gasteiger charge is 2.57. The molecule has 2 rings (SSSR count). The lowest BCUT2D eigenvalue weighted by atomic mass is 9.80. The van der Waals surface area contributed by atoms with Crippen molar-refractivity contribution >= 4 is 11.6 Å². The third-order valence-electron chi connectivity index (χ3n) is 4.46. The van der Waals surface area contributed by atoms with Crippen molar-refractivity contribution in [1.82, 2.24) is 0 Å². The molecule has 16 heavy (non-hydrogen) atoms. The summed E-state index contributed by atoms with van der Waals surface area (Å²) in [7, 11) is 0. The van der Waals surface area contributed by atoms with Crippen LogP contribution in [-0.4, -0.2) is 11.6 Å². The van der Waals surface area contributed by atoms with Gasteiger partial charge in [0.05, 0.1) is 0 Å². The van der Waals surface area contributed by atoms with Crippen molar-refractivity contribution in [2.75, 3.05) is 0 Å². The van der Waals surface area contributed by atoms with Crippen LogP contribution < -0.4 is 0 Å². The minimum absolute atomic E-state index is 0.288. The van der Waals surface area contributed by atoms with Crippen molar-refractivity contribution < 1.29 is 9.59 Å². The SMILES string of the molecule is CC(=O)CCC1C2CCC(=O)C(C(C)C)C12. The summed E-state index contributed by atoms with van der Waals surface area (Å²) >= 11 is 0. The molecule has 0 aliphatic heterocycles. The molecule has 2 aliphatic rings. The van der Waals surface area contributed by atoms with Gasteiger partial charge in [0.2, 0.25) is 0 Å². The molecule has 2 saturated carbocycles. The summed E-state index contributed by atoms with van der Waals surface area (Å²) in [5, 5.41) is 0. The van der Waals surface area contributed by atoms with Gasteiger partial charge in [-0.05, 0) is 43.4 Å². The van der Waals surface area contributed by atoms with Gasteiger partial charge in [-0.3, -0.25) is 4.79 Å². The second kappa shape index (κ2) is 4.31. The van der Waals surface area contributed by atoms with E-state index in [-0.39, 0.29) is 11.7 Å². The van der Waals surface area contributed by atoms with Gasteiger partial charge in [0.25, 0.3) is 0 Å². The van der Waals surface area contributed by atoms with E-state index in [1.807, 2.05) is 0 Å². The van der Waals surface area contributed by atoms with Crippen LogP contribution in [0.3, 0.4) is 0 Å². The van der Waals surface area contributed by atoms with Gasteiger partial charge in [0.1, 0.15) is 11.6 Å². The van der Waals surface area contributed by atoms with E-state index in [0.717, 1.165) is 25.2 Å². The van der Waals surface area contributed by atoms with Crippen LogP contribution in [0.4, 0.5) is 0 Å². The largest absolute Gasteiger partial charge is 0.300 e. The summed E-state index contributed by atoms with van der Waals surface area (Å²) in [6.07, 6.45) is 3.58. The second-order valence-corrected chi connectivity index (χ2v) is 5.92. The fraction of sp³-hybridized carbons (Fsp3) is 0.857. The van der Waals surface area contributed by atoms with E-state index < -0.39 is 0 Å². The van der Waals surface area contributed by atoms with Crippen molar-refractivity contribution in [2.45, 2.75) is 46.5 Å². The highest BCUT2D eigenvalue weighted by Crippen LogP contribution is 2.60. The lowest BCUT2D eigenvalue weighted by Crippen LogP contribution is -2.26. The molecule has 4 unspecified atom stereocenters. The van der Waals surface area contributed by atoms with Crippen molar-refractivity contribution in [3.63, 3.8) is 0 Å². The number of fused-ring (bicyclic) bond motifs is 1. The number of carbonyl (C=O) groups excluding carboxylic acids is 2. The van der Waals surface area contributed by atoms with Gasteiger partial charge in [0.15, 0.2) is 0 Å². The smallest absolute Gasteiger partial charge is 0.136 e. The van der Waals surface area contributed by atoms with Crippen LogP contribution in [0.5, 0.6) is 0 Å². The first-order chi connectivity index (χ1) is 7.52. The lowest BCUT2D eigenvalue weighted by molar-refractivity contribution is -0.126. The molecular weight excluding hydrogens is 200 g/mol. The maximum atomic E-state index is 11.9. The molecule has 0 heterocycles. The fourth-order valence-corrected chi connectivity index (χ4v) is 3.70. The molecule has 0 aromatic carbocycles. The highest BCUT2D eigenvalue weighted by molar-refractivity contribution is 5.83. The second-order valence-electron chi connectivity index (χ2n) is 5.92. The normalized spacial score (nSPS) is 37.4. The van der Waals surface area contributed by atoms with Crippen LogP contribution in [-0.2, 0) is 9.59 Å². The van der Waals surface area contributed by atoms with Gasteiger partial charge in [-0.25, -0.2) is 0 Å². The molecule has 0 saturated heterocycles. The summed E-state index contributed by atoms with van der Waals surface area (Å²) < 4.78 is 0. The number of Topliss-reactive ketones (excluding diaryl/α,β-unsaturated/α-hetero) is 2. The van der Waals surface area contributed by atoms with E-state index in [2.05, 4.69) is 13.8 Å². The summed E-state index contributed by atoms with van der Waals surface area (Å²) in [6, 6.07) is 0. The third-order valence-corrected chi connectivity index (χ3v) is 4.46. The zero-order chi connectivity index (χ0) is 11.9. The number of rotatable bonds is 4. The Kier molecular flexibility index (Phi) is 3.18. The van der Waals surface area contributed by atoms with Crippen LogP contribution in [0.25, 0.3) is 0 Å². The predicted molar refractivity (Wildman–Crippen MR) is 63.0 cm³/mol. The number of ketones is 2. The summed E-state index contributed by atoms with van der Waals surface area (Å²) in [4.78, 5) is 22.9. The monoisotopic (exact) mass is 222 g/mol. The highest BCUT2D eigenvalue weighted by atomic mass is 16.1. The standard InChI is InChI=1S/C14H22O2/c1-8(2)13-12(16)7-6-11-10(14(11)13)5-4-9(3)15/h8,10-11,13-14H,4-7H2,1-3H3. The zero-order valence-electron chi connectivity index (χ0n) is 10.5. The number of carbonyl (C=O) groups is 2. The molecule has 90 valence electrons. The Hall–Kier alpha value is -0.660. The average molecular weight is 222 g/mol. The molecule has 0 N–H and O–H groups in total. The maximum absolute atomic E-state index is 11.9. The molecule has 0 spiro atoms. The van der Waals surface area contributed by atoms with Crippen molar-refractivity contribution in [3.05, 3.63) is 0 Å². The molecular formula is C14H22O2. The van der Waals surface area contributed by atoms with Crippen LogP contribution in [0.1, 0.15) is 46.5 Å². The Labute approximate surface area is 97.8 Å². The Morgan fingerprint density at radius 1 is 1.44 bits per heavy atom. The molecule has 0 aromatic rings. The van der Waals surface area contributed by atoms with Gasteiger partial charge in [-0.2, -0.15) is 0 Å². The van der Waals surface area contributed by atoms with E-state index in [1.165, 1.54) is 0 Å². The first-order valence-corrected chi connectivity index (χ1v) is 6.54. The number of hydrogen-bond acceptors (Lipinski definition) is 2. The van der Waals surface area contributed by atoms with Crippen LogP contribution in [0.15, 0.2) is 0 Å². The van der Waals surface area contributed by atoms with Gasteiger partial charge < -0.3 is 4.79 Å². The summed E-state index contributed by atoms with van der Waals surface area (Å²) in [5.41, 5.74) is 0. The minimum Gasteiger partial charge on any atom is -0.300 e. The Balaban J connectivity index is 1.96. The molecule has 0 radical (unpaired) electrons.